The summed E-state index contributed by atoms with van der Waals surface area (Å²) in [5.41, 5.74) is 2.07. The molecular formula is C19H22F3N3. The molecule has 0 bridgehead atoms. The fraction of sp³-hybridized carbons (Fsp3) is 0.474. The zero-order valence-electron chi connectivity index (χ0n) is 14.5. The predicted octanol–water partition coefficient (Wildman–Crippen LogP) is 4.57. The lowest BCUT2D eigenvalue weighted by Crippen LogP contribution is -2.32. The lowest BCUT2D eigenvalue weighted by atomic mass is 10.0. The van der Waals surface area contributed by atoms with E-state index in [1.165, 1.54) is 12.1 Å². The van der Waals surface area contributed by atoms with Crippen LogP contribution in [0, 0.1) is 5.92 Å². The van der Waals surface area contributed by atoms with E-state index >= 15 is 0 Å². The van der Waals surface area contributed by atoms with Gasteiger partial charge < -0.3 is 0 Å². The fourth-order valence-electron chi connectivity index (χ4n) is 2.94. The van der Waals surface area contributed by atoms with Crippen molar-refractivity contribution < 1.29 is 13.2 Å². The molecular weight excluding hydrogens is 327 g/mol. The number of aromatic nitrogens is 2. The van der Waals surface area contributed by atoms with Crippen molar-refractivity contribution in [3.8, 4) is 11.4 Å². The molecule has 134 valence electrons. The smallest absolute Gasteiger partial charge is 0.297 e. The first-order valence-corrected chi connectivity index (χ1v) is 8.57. The summed E-state index contributed by atoms with van der Waals surface area (Å²) in [7, 11) is 0. The van der Waals surface area contributed by atoms with Crippen molar-refractivity contribution in [2.75, 3.05) is 13.1 Å². The van der Waals surface area contributed by atoms with Crippen LogP contribution < -0.4 is 0 Å². The maximum Gasteiger partial charge on any atom is 0.416 e. The van der Waals surface area contributed by atoms with Gasteiger partial charge in [-0.2, -0.15) is 13.2 Å². The maximum atomic E-state index is 12.7. The third kappa shape index (κ3) is 4.37. The number of alkyl halides is 3. The molecule has 0 aliphatic carbocycles. The largest absolute Gasteiger partial charge is 0.416 e. The summed E-state index contributed by atoms with van der Waals surface area (Å²) in [5.74, 6) is 1.15. The average molecular weight is 349 g/mol. The molecule has 3 rings (SSSR count). The highest BCUT2D eigenvalue weighted by atomic mass is 19.4. The quantitative estimate of drug-likeness (QED) is 0.810. The summed E-state index contributed by atoms with van der Waals surface area (Å²) < 4.78 is 38.0. The predicted molar refractivity (Wildman–Crippen MR) is 90.9 cm³/mol. The number of hydrogen-bond acceptors (Lipinski definition) is 3. The van der Waals surface area contributed by atoms with Gasteiger partial charge in [0.25, 0.3) is 0 Å². The van der Waals surface area contributed by atoms with Crippen LogP contribution in [0.15, 0.2) is 30.5 Å². The first-order valence-electron chi connectivity index (χ1n) is 8.57. The highest BCUT2D eigenvalue weighted by molar-refractivity contribution is 5.56. The van der Waals surface area contributed by atoms with Crippen molar-refractivity contribution in [3.63, 3.8) is 0 Å². The van der Waals surface area contributed by atoms with E-state index in [2.05, 4.69) is 28.7 Å². The Kier molecular flexibility index (Phi) is 5.08. The third-order valence-electron chi connectivity index (χ3n) is 4.52. The Morgan fingerprint density at radius 1 is 1.16 bits per heavy atom. The summed E-state index contributed by atoms with van der Waals surface area (Å²) in [6.07, 6.45) is -0.450. The lowest BCUT2D eigenvalue weighted by molar-refractivity contribution is -0.137. The van der Waals surface area contributed by atoms with E-state index in [0.29, 0.717) is 17.3 Å². The molecule has 0 radical (unpaired) electrons. The van der Waals surface area contributed by atoms with Gasteiger partial charge >= 0.3 is 6.18 Å². The van der Waals surface area contributed by atoms with Crippen LogP contribution in [0.1, 0.15) is 37.1 Å². The summed E-state index contributed by atoms with van der Waals surface area (Å²) in [5, 5.41) is 0. The molecule has 1 aliphatic rings. The molecule has 2 aromatic rings. The molecule has 6 heteroatoms. The number of benzene rings is 1. The Labute approximate surface area is 145 Å². The topological polar surface area (TPSA) is 29.0 Å². The van der Waals surface area contributed by atoms with E-state index in [-0.39, 0.29) is 0 Å². The summed E-state index contributed by atoms with van der Waals surface area (Å²) in [6, 6.07) is 5.02. The van der Waals surface area contributed by atoms with Gasteiger partial charge in [-0.05, 0) is 43.0 Å². The van der Waals surface area contributed by atoms with Crippen molar-refractivity contribution >= 4 is 0 Å². The minimum absolute atomic E-state index is 0.484. The third-order valence-corrected chi connectivity index (χ3v) is 4.52. The van der Waals surface area contributed by atoms with Gasteiger partial charge in [-0.1, -0.05) is 26.0 Å². The van der Waals surface area contributed by atoms with Crippen molar-refractivity contribution in [1.82, 2.24) is 14.9 Å². The molecule has 1 aliphatic heterocycles. The summed E-state index contributed by atoms with van der Waals surface area (Å²) in [4.78, 5) is 11.3. The molecule has 0 N–H and O–H groups in total. The van der Waals surface area contributed by atoms with Gasteiger partial charge in [-0.3, -0.25) is 4.90 Å². The minimum atomic E-state index is -4.33. The van der Waals surface area contributed by atoms with E-state index < -0.39 is 11.7 Å². The van der Waals surface area contributed by atoms with Crippen LogP contribution >= 0.6 is 0 Å². The minimum Gasteiger partial charge on any atom is -0.297 e. The number of hydrogen-bond donors (Lipinski definition) is 0. The molecule has 0 saturated heterocycles. The standard InChI is InChI=1S/C19H22F3N3/c1-13(2)7-9-25-10-8-15-11-23-18(24-17(15)12-25)14-3-5-16(6-4-14)19(20,21)22/h3-6,11,13H,7-10,12H2,1-2H3. The lowest BCUT2D eigenvalue weighted by Gasteiger charge is -2.28. The van der Waals surface area contributed by atoms with Gasteiger partial charge in [-0.15, -0.1) is 0 Å². The number of fused-ring (bicyclic) bond motifs is 1. The Balaban J connectivity index is 1.78. The molecule has 0 atom stereocenters. The van der Waals surface area contributed by atoms with Gasteiger partial charge in [-0.25, -0.2) is 9.97 Å². The number of halogens is 3. The van der Waals surface area contributed by atoms with Crippen molar-refractivity contribution in [1.29, 1.82) is 0 Å². The van der Waals surface area contributed by atoms with Crippen LogP contribution in [-0.4, -0.2) is 28.0 Å². The Hall–Kier alpha value is -1.95. The number of rotatable bonds is 4. The highest BCUT2D eigenvalue weighted by Crippen LogP contribution is 2.30. The molecule has 1 aromatic carbocycles. The normalized spacial score (nSPS) is 15.4. The molecule has 0 unspecified atom stereocenters. The first-order chi connectivity index (χ1) is 11.8. The van der Waals surface area contributed by atoms with Gasteiger partial charge in [0.2, 0.25) is 0 Å². The molecule has 25 heavy (non-hydrogen) atoms. The highest BCUT2D eigenvalue weighted by Gasteiger charge is 2.30. The Morgan fingerprint density at radius 2 is 1.88 bits per heavy atom. The number of nitrogens with zero attached hydrogens (tertiary/aromatic N) is 3. The molecule has 3 nitrogen and oxygen atoms in total. The first kappa shape index (κ1) is 17.9. The van der Waals surface area contributed by atoms with Crippen molar-refractivity contribution in [2.45, 2.75) is 39.4 Å². The Morgan fingerprint density at radius 3 is 2.52 bits per heavy atom. The SMILES string of the molecule is CC(C)CCN1CCc2cnc(-c3ccc(C(F)(F)F)cc3)nc2C1. The van der Waals surface area contributed by atoms with Gasteiger partial charge in [0, 0.05) is 24.8 Å². The molecule has 0 fully saturated rings. The molecule has 0 saturated carbocycles. The van der Waals surface area contributed by atoms with Crippen molar-refractivity contribution in [2.24, 2.45) is 5.92 Å². The summed E-state index contributed by atoms with van der Waals surface area (Å²) in [6.45, 7) is 7.24. The summed E-state index contributed by atoms with van der Waals surface area (Å²) >= 11 is 0. The molecule has 1 aromatic heterocycles. The van der Waals surface area contributed by atoms with Crippen LogP contribution in [0.5, 0.6) is 0 Å². The second kappa shape index (κ2) is 7.12. The van der Waals surface area contributed by atoms with E-state index in [9.17, 15) is 13.2 Å². The van der Waals surface area contributed by atoms with Crippen LogP contribution in [0.4, 0.5) is 13.2 Å². The molecule has 0 amide bonds. The monoisotopic (exact) mass is 349 g/mol. The van der Waals surface area contributed by atoms with E-state index in [1.807, 2.05) is 6.20 Å². The van der Waals surface area contributed by atoms with E-state index in [4.69, 9.17) is 0 Å². The van der Waals surface area contributed by atoms with Crippen LogP contribution in [0.3, 0.4) is 0 Å². The van der Waals surface area contributed by atoms with Gasteiger partial charge in [0.15, 0.2) is 5.82 Å². The van der Waals surface area contributed by atoms with Crippen LogP contribution in [0.25, 0.3) is 11.4 Å². The molecule has 2 heterocycles. The van der Waals surface area contributed by atoms with E-state index in [0.717, 1.165) is 55.9 Å². The molecule has 0 spiro atoms. The van der Waals surface area contributed by atoms with Gasteiger partial charge in [0.1, 0.15) is 0 Å². The maximum absolute atomic E-state index is 12.7. The Bertz CT molecular complexity index is 724. The fourth-order valence-corrected chi connectivity index (χ4v) is 2.94. The zero-order chi connectivity index (χ0) is 18.0. The second-order valence-corrected chi connectivity index (χ2v) is 6.95. The van der Waals surface area contributed by atoms with E-state index in [1.54, 1.807) is 0 Å². The average Bonchev–Trinajstić information content (AvgIpc) is 2.58. The van der Waals surface area contributed by atoms with Gasteiger partial charge in [0.05, 0.1) is 11.3 Å². The zero-order valence-corrected chi connectivity index (χ0v) is 14.5. The van der Waals surface area contributed by atoms with Crippen LogP contribution in [-0.2, 0) is 19.1 Å². The van der Waals surface area contributed by atoms with Crippen molar-refractivity contribution in [3.05, 3.63) is 47.3 Å². The second-order valence-electron chi connectivity index (χ2n) is 6.95. The van der Waals surface area contributed by atoms with Crippen LogP contribution in [0.2, 0.25) is 0 Å².